The van der Waals surface area contributed by atoms with Gasteiger partial charge in [0.15, 0.2) is 0 Å². The van der Waals surface area contributed by atoms with E-state index in [1.807, 2.05) is 7.05 Å². The first-order valence-electron chi connectivity index (χ1n) is 10.4. The van der Waals surface area contributed by atoms with Gasteiger partial charge in [-0.3, -0.25) is 0 Å². The minimum atomic E-state index is -0.798. The Bertz CT molecular complexity index is 569. The predicted octanol–water partition coefficient (Wildman–Crippen LogP) is 3.62. The number of likely N-dealkylation sites (N-methyl/N-ethyl adjacent to an activating group) is 1. The minimum absolute atomic E-state index is 0. The summed E-state index contributed by atoms with van der Waals surface area (Å²) in [6.07, 6.45) is 8.25. The van der Waals surface area contributed by atoms with Crippen molar-refractivity contribution >= 4 is 6.09 Å². The number of carboxylic acid groups (broad SMARTS) is 1. The molecule has 3 aliphatic heterocycles. The number of nitrogens with zero attached hydrogens (tertiary/aromatic N) is 2. The van der Waals surface area contributed by atoms with Crippen LogP contribution in [-0.4, -0.2) is 78.1 Å². The van der Waals surface area contributed by atoms with Crippen molar-refractivity contribution in [3.63, 3.8) is 0 Å². The Morgan fingerprint density at radius 2 is 1.93 bits per heavy atom. The maximum atomic E-state index is 10.4. The van der Waals surface area contributed by atoms with Gasteiger partial charge in [0.05, 0.1) is 23.9 Å². The molecule has 156 valence electrons. The van der Waals surface area contributed by atoms with Crippen molar-refractivity contribution in [3.8, 4) is 0 Å². The highest BCUT2D eigenvalue weighted by Gasteiger charge is 2.67. The highest BCUT2D eigenvalue weighted by atomic mass is 16.6. The van der Waals surface area contributed by atoms with E-state index in [0.717, 1.165) is 26.1 Å². The highest BCUT2D eigenvalue weighted by molar-refractivity contribution is 5.65. The smallest absolute Gasteiger partial charge is 0.407 e. The summed E-state index contributed by atoms with van der Waals surface area (Å²) in [6.45, 7) is 10.6. The fraction of sp³-hybridized carbons (Fsp3) is 0.857. The van der Waals surface area contributed by atoms with E-state index in [0.29, 0.717) is 25.1 Å². The molecule has 1 spiro atoms. The van der Waals surface area contributed by atoms with Crippen LogP contribution in [0.15, 0.2) is 11.6 Å². The van der Waals surface area contributed by atoms with Crippen molar-refractivity contribution in [1.29, 1.82) is 0 Å². The zero-order valence-corrected chi connectivity index (χ0v) is 17.4. The molecule has 0 aromatic carbocycles. The molecule has 27 heavy (non-hydrogen) atoms. The number of piperazine rings is 1. The van der Waals surface area contributed by atoms with Gasteiger partial charge < -0.3 is 24.4 Å². The number of allylic oxidation sites excluding steroid dienone is 1. The van der Waals surface area contributed by atoms with Gasteiger partial charge in [-0.05, 0) is 47.1 Å². The van der Waals surface area contributed by atoms with Crippen LogP contribution >= 0.6 is 0 Å². The van der Waals surface area contributed by atoms with E-state index >= 15 is 0 Å². The molecule has 0 radical (unpaired) electrons. The molecule has 6 heteroatoms. The van der Waals surface area contributed by atoms with Gasteiger partial charge >= 0.3 is 6.09 Å². The van der Waals surface area contributed by atoms with Gasteiger partial charge in [-0.15, -0.1) is 0 Å². The molecule has 4 fully saturated rings. The Morgan fingerprint density at radius 1 is 1.26 bits per heavy atom. The van der Waals surface area contributed by atoms with Crippen LogP contribution in [0.3, 0.4) is 0 Å². The number of hydrogen-bond donors (Lipinski definition) is 1. The second-order valence-corrected chi connectivity index (χ2v) is 9.03. The average Bonchev–Trinajstić information content (AvgIpc) is 3.53. The van der Waals surface area contributed by atoms with E-state index in [-0.39, 0.29) is 12.6 Å². The standard InChI is InChI=1S/C15H24O2.C6H12N2O2.H2/c1-11(2)7-8-13-14(3,17-13)12-6-4-5-9-15(12)10-16-15;1-7-2-4-8(5-3-7)6(9)10;/h7,12-13H,4-6,8-10H2,1-3H3;2-5H2,1H3,(H,9,10);1H/t12?,13-,14-,15+;;/m1../s1. The van der Waals surface area contributed by atoms with Gasteiger partial charge in [0.25, 0.3) is 0 Å². The molecule has 3 heterocycles. The van der Waals surface area contributed by atoms with Crippen LogP contribution in [0, 0.1) is 5.92 Å². The topological polar surface area (TPSA) is 68.8 Å². The Hall–Kier alpha value is -1.11. The van der Waals surface area contributed by atoms with Gasteiger partial charge in [0.1, 0.15) is 0 Å². The number of hydrogen-bond acceptors (Lipinski definition) is 4. The molecule has 0 bridgehead atoms. The summed E-state index contributed by atoms with van der Waals surface area (Å²) < 4.78 is 11.8. The largest absolute Gasteiger partial charge is 0.465 e. The monoisotopic (exact) mass is 382 g/mol. The van der Waals surface area contributed by atoms with Crippen molar-refractivity contribution < 1.29 is 20.8 Å². The molecular formula is C21H38N2O4. The maximum Gasteiger partial charge on any atom is 0.407 e. The molecular weight excluding hydrogens is 344 g/mol. The third-order valence-corrected chi connectivity index (χ3v) is 6.68. The third kappa shape index (κ3) is 4.84. The number of ether oxygens (including phenoxy) is 2. The maximum absolute atomic E-state index is 10.4. The van der Waals surface area contributed by atoms with E-state index in [4.69, 9.17) is 14.6 Å². The zero-order chi connectivity index (χ0) is 19.7. The fourth-order valence-corrected chi connectivity index (χ4v) is 4.66. The van der Waals surface area contributed by atoms with Crippen LogP contribution in [0.1, 0.15) is 54.3 Å². The molecule has 4 atom stereocenters. The van der Waals surface area contributed by atoms with E-state index in [1.165, 1.54) is 36.2 Å². The summed E-state index contributed by atoms with van der Waals surface area (Å²) in [4.78, 5) is 13.9. The second kappa shape index (κ2) is 8.10. The first-order chi connectivity index (χ1) is 12.8. The van der Waals surface area contributed by atoms with E-state index < -0.39 is 6.09 Å². The first-order valence-corrected chi connectivity index (χ1v) is 10.4. The lowest BCUT2D eigenvalue weighted by molar-refractivity contribution is 0.0886. The Morgan fingerprint density at radius 3 is 2.48 bits per heavy atom. The summed E-state index contributed by atoms with van der Waals surface area (Å²) in [7, 11) is 2.00. The molecule has 1 aliphatic carbocycles. The summed E-state index contributed by atoms with van der Waals surface area (Å²) in [5, 5.41) is 8.53. The second-order valence-electron chi connectivity index (χ2n) is 9.03. The molecule has 0 aromatic rings. The SMILES string of the molecule is CC(C)=CC[C@H]1O[C@]1(C)C1CCCC[C@]12CO2.CN1CCN(C(=O)O)CC1.[HH]. The normalized spacial score (nSPS) is 38.0. The van der Waals surface area contributed by atoms with Crippen LogP contribution in [-0.2, 0) is 9.47 Å². The Kier molecular flexibility index (Phi) is 6.18. The fourth-order valence-electron chi connectivity index (χ4n) is 4.66. The van der Waals surface area contributed by atoms with Gasteiger partial charge in [-0.1, -0.05) is 24.5 Å². The van der Waals surface area contributed by atoms with Gasteiger partial charge in [0, 0.05) is 33.5 Å². The zero-order valence-electron chi connectivity index (χ0n) is 17.4. The number of epoxide rings is 2. The molecule has 1 unspecified atom stereocenters. The number of rotatable bonds is 3. The van der Waals surface area contributed by atoms with Gasteiger partial charge in [0.2, 0.25) is 0 Å². The number of amides is 1. The highest BCUT2D eigenvalue weighted by Crippen LogP contribution is 2.58. The Labute approximate surface area is 165 Å². The van der Waals surface area contributed by atoms with Crippen LogP contribution in [0.25, 0.3) is 0 Å². The van der Waals surface area contributed by atoms with Gasteiger partial charge in [-0.25, -0.2) is 4.79 Å². The van der Waals surface area contributed by atoms with Crippen LogP contribution in [0.4, 0.5) is 4.79 Å². The molecule has 0 aromatic heterocycles. The molecule has 1 N–H and O–H groups in total. The molecule has 4 aliphatic rings. The lowest BCUT2D eigenvalue weighted by atomic mass is 9.71. The van der Waals surface area contributed by atoms with Crippen LogP contribution < -0.4 is 0 Å². The van der Waals surface area contributed by atoms with Crippen LogP contribution in [0.5, 0.6) is 0 Å². The summed E-state index contributed by atoms with van der Waals surface area (Å²) in [5.74, 6) is 0.638. The molecule has 1 amide bonds. The lowest BCUT2D eigenvalue weighted by Gasteiger charge is -2.32. The Balaban J connectivity index is 0.000000221. The van der Waals surface area contributed by atoms with Gasteiger partial charge in [-0.2, -0.15) is 0 Å². The van der Waals surface area contributed by atoms with Crippen molar-refractivity contribution in [1.82, 2.24) is 9.80 Å². The molecule has 1 saturated carbocycles. The summed E-state index contributed by atoms with van der Waals surface area (Å²) in [6, 6.07) is 0. The summed E-state index contributed by atoms with van der Waals surface area (Å²) in [5.41, 5.74) is 1.71. The van der Waals surface area contributed by atoms with E-state index in [1.54, 1.807) is 0 Å². The minimum Gasteiger partial charge on any atom is -0.465 e. The van der Waals surface area contributed by atoms with Crippen molar-refractivity contribution in [3.05, 3.63) is 11.6 Å². The lowest BCUT2D eigenvalue weighted by Crippen LogP contribution is -2.46. The first kappa shape index (κ1) is 20.6. The third-order valence-electron chi connectivity index (χ3n) is 6.68. The quantitative estimate of drug-likeness (QED) is 0.596. The summed E-state index contributed by atoms with van der Waals surface area (Å²) >= 11 is 0. The van der Waals surface area contributed by atoms with Crippen molar-refractivity contribution in [2.75, 3.05) is 39.8 Å². The van der Waals surface area contributed by atoms with Crippen molar-refractivity contribution in [2.24, 2.45) is 5.92 Å². The predicted molar refractivity (Wildman–Crippen MR) is 107 cm³/mol. The average molecular weight is 383 g/mol. The van der Waals surface area contributed by atoms with E-state index in [9.17, 15) is 4.79 Å². The molecule has 6 nitrogen and oxygen atoms in total. The van der Waals surface area contributed by atoms with E-state index in [2.05, 4.69) is 31.7 Å². The van der Waals surface area contributed by atoms with Crippen molar-refractivity contribution in [2.45, 2.75) is 70.2 Å². The number of carbonyl (C=O) groups is 1. The molecule has 4 rings (SSSR count). The van der Waals surface area contributed by atoms with Crippen LogP contribution in [0.2, 0.25) is 0 Å². The molecule has 3 saturated heterocycles.